The van der Waals surface area contributed by atoms with Crippen molar-refractivity contribution < 1.29 is 14.7 Å². The van der Waals surface area contributed by atoms with Crippen molar-refractivity contribution in [3.63, 3.8) is 0 Å². The number of carboxylic acid groups (broad SMARTS) is 1. The molecule has 0 spiro atoms. The zero-order chi connectivity index (χ0) is 27.8. The molecule has 1 aromatic heterocycles. The molecule has 0 saturated carbocycles. The number of aryl methyl sites for hydroxylation is 3. The van der Waals surface area contributed by atoms with Crippen LogP contribution in [0.5, 0.6) is 0 Å². The predicted octanol–water partition coefficient (Wildman–Crippen LogP) is 7.26. The Kier molecular flexibility index (Phi) is 10.2. The molecule has 0 amide bonds. The second-order valence-electron chi connectivity index (χ2n) is 9.87. The molecule has 0 aliphatic rings. The highest BCUT2D eigenvalue weighted by atomic mass is 35.5. The highest BCUT2D eigenvalue weighted by Crippen LogP contribution is 2.38. The summed E-state index contributed by atoms with van der Waals surface area (Å²) >= 11 is 7.95. The second-order valence-corrected chi connectivity index (χ2v) is 11.7. The van der Waals surface area contributed by atoms with Gasteiger partial charge in [-0.2, -0.15) is 0 Å². The molecule has 1 heterocycles. The normalized spacial score (nSPS) is 12.9. The summed E-state index contributed by atoms with van der Waals surface area (Å²) in [5.41, 5.74) is 5.67. The number of nitrogens with zero attached hydrogens (tertiary/aromatic N) is 2. The second kappa shape index (κ2) is 13.7. The SMILES string of the molecule is CN(C)C(CC=O)SC(CCc1cccc(C(=O)O)c1)c1cccc(CCc2ccc3ccc(Cl)cc3n2)c1. The molecule has 3 aromatic carbocycles. The van der Waals surface area contributed by atoms with Crippen LogP contribution < -0.4 is 0 Å². The van der Waals surface area contributed by atoms with E-state index in [9.17, 15) is 14.7 Å². The number of hydrogen-bond donors (Lipinski definition) is 1. The van der Waals surface area contributed by atoms with Crippen LogP contribution in [0.25, 0.3) is 10.9 Å². The number of fused-ring (bicyclic) bond motifs is 1. The third-order valence-electron chi connectivity index (χ3n) is 6.77. The number of aromatic nitrogens is 1. The lowest BCUT2D eigenvalue weighted by molar-refractivity contribution is -0.108. The van der Waals surface area contributed by atoms with Crippen LogP contribution >= 0.6 is 23.4 Å². The average molecular weight is 561 g/mol. The Morgan fingerprint density at radius 1 is 0.974 bits per heavy atom. The van der Waals surface area contributed by atoms with Gasteiger partial charge in [-0.1, -0.05) is 60.1 Å². The first-order valence-electron chi connectivity index (χ1n) is 13.0. The van der Waals surface area contributed by atoms with Gasteiger partial charge in [-0.15, -0.1) is 11.8 Å². The van der Waals surface area contributed by atoms with Gasteiger partial charge < -0.3 is 9.90 Å². The molecule has 0 fully saturated rings. The van der Waals surface area contributed by atoms with E-state index < -0.39 is 5.97 Å². The number of carbonyl (C=O) groups excluding carboxylic acids is 1. The van der Waals surface area contributed by atoms with Crippen molar-refractivity contribution in [3.05, 3.63) is 112 Å². The van der Waals surface area contributed by atoms with Gasteiger partial charge in [0.2, 0.25) is 0 Å². The number of benzene rings is 3. The summed E-state index contributed by atoms with van der Waals surface area (Å²) < 4.78 is 0. The van der Waals surface area contributed by atoms with E-state index in [2.05, 4.69) is 41.3 Å². The summed E-state index contributed by atoms with van der Waals surface area (Å²) in [6.45, 7) is 0. The number of rotatable bonds is 13. The Morgan fingerprint density at radius 2 is 1.72 bits per heavy atom. The number of carbonyl (C=O) groups is 2. The van der Waals surface area contributed by atoms with Crippen LogP contribution in [0.4, 0.5) is 0 Å². The lowest BCUT2D eigenvalue weighted by atomic mass is 9.99. The van der Waals surface area contributed by atoms with Gasteiger partial charge in [-0.05, 0) is 86.8 Å². The average Bonchev–Trinajstić information content (AvgIpc) is 2.93. The van der Waals surface area contributed by atoms with E-state index in [0.29, 0.717) is 17.0 Å². The molecule has 0 radical (unpaired) electrons. The number of halogens is 1. The van der Waals surface area contributed by atoms with E-state index >= 15 is 0 Å². The van der Waals surface area contributed by atoms with Crippen LogP contribution in [-0.2, 0) is 24.1 Å². The summed E-state index contributed by atoms with van der Waals surface area (Å²) in [4.78, 5) is 29.7. The first-order chi connectivity index (χ1) is 18.8. The third-order valence-corrected chi connectivity index (χ3v) is 8.77. The molecule has 39 heavy (non-hydrogen) atoms. The highest BCUT2D eigenvalue weighted by molar-refractivity contribution is 8.00. The monoisotopic (exact) mass is 560 g/mol. The smallest absolute Gasteiger partial charge is 0.335 e. The number of hydrogen-bond acceptors (Lipinski definition) is 5. The first kappa shape index (κ1) is 28.8. The molecular weight excluding hydrogens is 528 g/mol. The molecule has 4 aromatic rings. The van der Waals surface area contributed by atoms with Crippen LogP contribution in [0.1, 0.15) is 50.8 Å². The zero-order valence-corrected chi connectivity index (χ0v) is 23.8. The molecule has 0 saturated heterocycles. The van der Waals surface area contributed by atoms with Crippen molar-refractivity contribution in [2.45, 2.75) is 42.7 Å². The Balaban J connectivity index is 1.52. The van der Waals surface area contributed by atoms with Crippen LogP contribution in [-0.4, -0.2) is 46.7 Å². The highest BCUT2D eigenvalue weighted by Gasteiger charge is 2.21. The van der Waals surface area contributed by atoms with E-state index in [-0.39, 0.29) is 10.6 Å². The summed E-state index contributed by atoms with van der Waals surface area (Å²) in [6, 6.07) is 25.7. The molecule has 7 heteroatoms. The van der Waals surface area contributed by atoms with Crippen LogP contribution in [0.2, 0.25) is 5.02 Å². The van der Waals surface area contributed by atoms with Crippen molar-refractivity contribution >= 4 is 46.5 Å². The van der Waals surface area contributed by atoms with E-state index in [1.165, 1.54) is 11.1 Å². The lowest BCUT2D eigenvalue weighted by Crippen LogP contribution is -2.26. The van der Waals surface area contributed by atoms with Gasteiger partial charge in [0.25, 0.3) is 0 Å². The van der Waals surface area contributed by atoms with Crippen molar-refractivity contribution in [1.29, 1.82) is 0 Å². The number of aromatic carboxylic acids is 1. The number of thioether (sulfide) groups is 1. The molecule has 1 N–H and O–H groups in total. The fraction of sp³-hybridized carbons (Fsp3) is 0.281. The molecule has 0 aliphatic carbocycles. The van der Waals surface area contributed by atoms with Crippen molar-refractivity contribution in [1.82, 2.24) is 9.88 Å². The quantitative estimate of drug-likeness (QED) is 0.137. The Labute approximate surface area is 239 Å². The Hall–Kier alpha value is -3.19. The van der Waals surface area contributed by atoms with Crippen molar-refractivity contribution in [2.75, 3.05) is 14.1 Å². The van der Waals surface area contributed by atoms with Gasteiger partial charge in [0.15, 0.2) is 0 Å². The minimum atomic E-state index is -0.918. The molecule has 2 atom stereocenters. The first-order valence-corrected chi connectivity index (χ1v) is 14.4. The molecule has 0 bridgehead atoms. The standard InChI is InChI=1S/C32H33ClN2O3S/c1-35(2)31(17-18-36)39-30(16-10-23-6-4-8-26(20-23)32(37)38)25-7-3-5-22(19-25)9-14-28-15-12-24-11-13-27(33)21-29(24)34-28/h3-8,11-13,15,18-21,30-31H,9-10,14,16-17H2,1-2H3,(H,37,38). The fourth-order valence-electron chi connectivity index (χ4n) is 4.62. The topological polar surface area (TPSA) is 70.5 Å². The molecule has 0 aliphatic heterocycles. The van der Waals surface area contributed by atoms with E-state index in [1.807, 2.05) is 38.4 Å². The third kappa shape index (κ3) is 8.15. The predicted molar refractivity (Wildman–Crippen MR) is 161 cm³/mol. The van der Waals surface area contributed by atoms with Crippen LogP contribution in [0.3, 0.4) is 0 Å². The Morgan fingerprint density at radius 3 is 2.46 bits per heavy atom. The number of carboxylic acids is 1. The molecule has 2 unspecified atom stereocenters. The van der Waals surface area contributed by atoms with Gasteiger partial charge >= 0.3 is 5.97 Å². The van der Waals surface area contributed by atoms with Crippen LogP contribution in [0, 0.1) is 0 Å². The largest absolute Gasteiger partial charge is 0.478 e. The van der Waals surface area contributed by atoms with Crippen molar-refractivity contribution in [2.24, 2.45) is 0 Å². The Bertz CT molecular complexity index is 1440. The van der Waals surface area contributed by atoms with Crippen molar-refractivity contribution in [3.8, 4) is 0 Å². The van der Waals surface area contributed by atoms with Gasteiger partial charge in [-0.25, -0.2) is 4.79 Å². The van der Waals surface area contributed by atoms with Crippen LogP contribution in [0.15, 0.2) is 78.9 Å². The number of aldehydes is 1. The maximum Gasteiger partial charge on any atom is 0.335 e. The van der Waals surface area contributed by atoms with Gasteiger partial charge in [0.05, 0.1) is 16.5 Å². The zero-order valence-electron chi connectivity index (χ0n) is 22.2. The maximum absolute atomic E-state index is 11.4. The molecule has 202 valence electrons. The molecule has 5 nitrogen and oxygen atoms in total. The molecule has 4 rings (SSSR count). The number of pyridine rings is 1. The van der Waals surface area contributed by atoms with Gasteiger partial charge in [0.1, 0.15) is 6.29 Å². The van der Waals surface area contributed by atoms with E-state index in [1.54, 1.807) is 30.0 Å². The summed E-state index contributed by atoms with van der Waals surface area (Å²) in [7, 11) is 3.99. The molecular formula is C32H33ClN2O3S. The van der Waals surface area contributed by atoms with E-state index in [4.69, 9.17) is 16.6 Å². The van der Waals surface area contributed by atoms with E-state index in [0.717, 1.165) is 54.1 Å². The fourth-order valence-corrected chi connectivity index (χ4v) is 6.16. The summed E-state index contributed by atoms with van der Waals surface area (Å²) in [5.74, 6) is -0.918. The summed E-state index contributed by atoms with van der Waals surface area (Å²) in [5, 5.41) is 11.3. The lowest BCUT2D eigenvalue weighted by Gasteiger charge is -2.27. The van der Waals surface area contributed by atoms with Gasteiger partial charge in [-0.3, -0.25) is 9.88 Å². The minimum absolute atomic E-state index is 0.0510. The minimum Gasteiger partial charge on any atom is -0.478 e. The maximum atomic E-state index is 11.4. The summed E-state index contributed by atoms with van der Waals surface area (Å²) in [6.07, 6.45) is 4.67. The van der Waals surface area contributed by atoms with Gasteiger partial charge in [0, 0.05) is 27.8 Å².